The van der Waals surface area contributed by atoms with Crippen molar-refractivity contribution in [2.45, 2.75) is 303 Å². The van der Waals surface area contributed by atoms with Gasteiger partial charge < -0.3 is 28.5 Å². The second kappa shape index (κ2) is 50.0. The fraction of sp³-hybridized carbons (Fsp3) is 0.898. The van der Waals surface area contributed by atoms with Gasteiger partial charge in [-0.2, -0.15) is 0 Å². The number of hydrogen-bond donors (Lipinski definition) is 1. The zero-order valence-corrected chi connectivity index (χ0v) is 47.4. The third-order valence-corrected chi connectivity index (χ3v) is 14.3. The predicted octanol–water partition coefficient (Wildman–Crippen LogP) is 17.1. The Morgan fingerprint density at radius 2 is 0.841 bits per heavy atom. The maximum Gasteiger partial charge on any atom is 0.306 e. The molecular weight excluding hydrogens is 880 g/mol. The molecule has 9 nitrogen and oxygen atoms in total. The molecule has 0 aliphatic heterocycles. The Morgan fingerprint density at radius 1 is 0.493 bits per heavy atom. The van der Waals surface area contributed by atoms with Gasteiger partial charge >= 0.3 is 5.97 Å². The summed E-state index contributed by atoms with van der Waals surface area (Å²) in [6.45, 7) is 6.86. The molecule has 0 saturated carbocycles. The van der Waals surface area contributed by atoms with E-state index in [1.54, 1.807) is 0 Å². The predicted molar refractivity (Wildman–Crippen MR) is 293 cm³/mol. The Hall–Kier alpha value is -1.51. The summed E-state index contributed by atoms with van der Waals surface area (Å²) < 4.78 is 30.2. The summed E-state index contributed by atoms with van der Waals surface area (Å²) in [7, 11) is 1.19. The number of nitrogens with one attached hydrogen (secondary N) is 1. The quantitative estimate of drug-likeness (QED) is 0.0212. The number of phosphoric ester groups is 1. The molecule has 3 atom stereocenters. The first-order valence-corrected chi connectivity index (χ1v) is 31.1. The molecule has 1 amide bonds. The van der Waals surface area contributed by atoms with Crippen LogP contribution in [0.1, 0.15) is 290 Å². The van der Waals surface area contributed by atoms with Gasteiger partial charge in [0, 0.05) is 12.8 Å². The fourth-order valence-corrected chi connectivity index (χ4v) is 9.48. The summed E-state index contributed by atoms with van der Waals surface area (Å²) in [5, 5.41) is 3.02. The zero-order valence-electron chi connectivity index (χ0n) is 46.5. The number of amides is 1. The van der Waals surface area contributed by atoms with Crippen LogP contribution in [0.3, 0.4) is 0 Å². The second-order valence-electron chi connectivity index (χ2n) is 21.5. The topological polar surface area (TPSA) is 114 Å². The Labute approximate surface area is 428 Å². The fourth-order valence-electron chi connectivity index (χ4n) is 8.75. The van der Waals surface area contributed by atoms with Crippen molar-refractivity contribution in [3.05, 3.63) is 24.3 Å². The van der Waals surface area contributed by atoms with E-state index in [0.29, 0.717) is 23.9 Å². The number of phosphoric acid groups is 1. The summed E-state index contributed by atoms with van der Waals surface area (Å²) in [5.41, 5.74) is 0. The Morgan fingerprint density at radius 3 is 1.25 bits per heavy atom. The van der Waals surface area contributed by atoms with Gasteiger partial charge in [0.1, 0.15) is 19.3 Å². The summed E-state index contributed by atoms with van der Waals surface area (Å²) in [5.74, 6) is -0.546. The molecule has 0 fully saturated rings. The van der Waals surface area contributed by atoms with Crippen molar-refractivity contribution in [1.82, 2.24) is 5.32 Å². The average molecular weight is 996 g/mol. The second-order valence-corrected chi connectivity index (χ2v) is 22.9. The van der Waals surface area contributed by atoms with Crippen LogP contribution in [0.15, 0.2) is 24.3 Å². The van der Waals surface area contributed by atoms with Crippen LogP contribution in [0, 0.1) is 0 Å². The van der Waals surface area contributed by atoms with E-state index in [4.69, 9.17) is 13.8 Å². The van der Waals surface area contributed by atoms with Crippen LogP contribution >= 0.6 is 7.82 Å². The highest BCUT2D eigenvalue weighted by Gasteiger charge is 2.27. The molecule has 0 heterocycles. The SMILES string of the molecule is CCCCCCCCC/C=C\CCCCCC(=O)OC(/C=C/CCCCCCCCCCCC)C(COP(=O)([O-])OCC[N+](C)(C)C)NC(=O)CCCCCCCCCCCCCCCCCCC. The lowest BCUT2D eigenvalue weighted by molar-refractivity contribution is -0.870. The minimum absolute atomic E-state index is 0.0211. The van der Waals surface area contributed by atoms with Gasteiger partial charge in [0.25, 0.3) is 7.82 Å². The van der Waals surface area contributed by atoms with Crippen molar-refractivity contribution in [2.24, 2.45) is 0 Å². The number of nitrogens with zero attached hydrogens (tertiary/aromatic N) is 1. The maximum absolute atomic E-state index is 13.5. The normalized spacial score (nSPS) is 13.9. The first kappa shape index (κ1) is 67.5. The standard InChI is InChI=1S/C59H115N2O7P/c1-7-10-13-16-19-22-25-28-30-31-32-33-36-39-42-45-48-51-58(62)60-56(55-67-69(64,65)66-54-53-61(4,5)6)57(50-47-44-41-38-35-27-24-21-18-15-12-9-3)68-59(63)52-49-46-43-40-37-34-29-26-23-20-17-14-11-8-2/h34,37,47,50,56-57H,7-33,35-36,38-46,48-49,51-55H2,1-6H3,(H-,60,62,64,65)/b37-34-,50-47+. The lowest BCUT2D eigenvalue weighted by atomic mass is 10.0. The third kappa shape index (κ3) is 51.2. The van der Waals surface area contributed by atoms with Gasteiger partial charge in [0.15, 0.2) is 0 Å². The van der Waals surface area contributed by atoms with E-state index in [2.05, 4.69) is 38.2 Å². The molecule has 0 spiro atoms. The van der Waals surface area contributed by atoms with Crippen molar-refractivity contribution >= 4 is 19.7 Å². The largest absolute Gasteiger partial charge is 0.756 e. The number of carbonyl (C=O) groups is 2. The molecule has 0 aromatic heterocycles. The molecule has 0 radical (unpaired) electrons. The number of ether oxygens (including phenoxy) is 1. The molecule has 408 valence electrons. The van der Waals surface area contributed by atoms with E-state index >= 15 is 0 Å². The number of carbonyl (C=O) groups excluding carboxylic acids is 2. The van der Waals surface area contributed by atoms with Crippen LogP contribution in [-0.4, -0.2) is 69.4 Å². The van der Waals surface area contributed by atoms with E-state index in [9.17, 15) is 19.0 Å². The summed E-state index contributed by atoms with van der Waals surface area (Å²) in [6.07, 6.45) is 57.1. The molecule has 69 heavy (non-hydrogen) atoms. The van der Waals surface area contributed by atoms with Gasteiger partial charge in [0.2, 0.25) is 5.91 Å². The zero-order chi connectivity index (χ0) is 50.8. The number of unbranched alkanes of at least 4 members (excludes halogenated alkanes) is 36. The smallest absolute Gasteiger partial charge is 0.306 e. The highest BCUT2D eigenvalue weighted by Crippen LogP contribution is 2.38. The lowest BCUT2D eigenvalue weighted by Crippen LogP contribution is -2.47. The molecule has 10 heteroatoms. The molecule has 0 bridgehead atoms. The number of hydrogen-bond acceptors (Lipinski definition) is 7. The van der Waals surface area contributed by atoms with E-state index in [1.807, 2.05) is 33.3 Å². The summed E-state index contributed by atoms with van der Waals surface area (Å²) in [6, 6.07) is -0.887. The molecule has 0 saturated heterocycles. The van der Waals surface area contributed by atoms with Crippen LogP contribution in [0.4, 0.5) is 0 Å². The number of rotatable bonds is 54. The van der Waals surface area contributed by atoms with Crippen LogP contribution in [-0.2, 0) is 27.9 Å². The Kier molecular flexibility index (Phi) is 48.9. The van der Waals surface area contributed by atoms with Gasteiger partial charge in [-0.3, -0.25) is 14.2 Å². The van der Waals surface area contributed by atoms with Crippen molar-refractivity contribution in [2.75, 3.05) is 40.9 Å². The van der Waals surface area contributed by atoms with Crippen LogP contribution in [0.5, 0.6) is 0 Å². The number of esters is 1. The summed E-state index contributed by atoms with van der Waals surface area (Å²) >= 11 is 0. The van der Waals surface area contributed by atoms with Gasteiger partial charge in [-0.05, 0) is 57.4 Å². The molecule has 1 N–H and O–H groups in total. The Balaban J connectivity index is 5.30. The van der Waals surface area contributed by atoms with Gasteiger partial charge in [-0.25, -0.2) is 0 Å². The van der Waals surface area contributed by atoms with E-state index in [1.165, 1.54) is 186 Å². The average Bonchev–Trinajstić information content (AvgIpc) is 3.31. The minimum atomic E-state index is -4.69. The maximum atomic E-state index is 13.5. The van der Waals surface area contributed by atoms with Gasteiger partial charge in [-0.1, -0.05) is 244 Å². The first-order chi connectivity index (χ1) is 33.4. The molecule has 0 aliphatic carbocycles. The van der Waals surface area contributed by atoms with Crippen LogP contribution in [0.25, 0.3) is 0 Å². The monoisotopic (exact) mass is 995 g/mol. The Bertz CT molecular complexity index is 1240. The molecule has 3 unspecified atom stereocenters. The van der Waals surface area contributed by atoms with Crippen molar-refractivity contribution in [3.8, 4) is 0 Å². The van der Waals surface area contributed by atoms with E-state index in [0.717, 1.165) is 64.2 Å². The first-order valence-electron chi connectivity index (χ1n) is 29.6. The lowest BCUT2D eigenvalue weighted by Gasteiger charge is -2.30. The highest BCUT2D eigenvalue weighted by molar-refractivity contribution is 7.45. The highest BCUT2D eigenvalue weighted by atomic mass is 31.2. The molecule has 0 aromatic rings. The van der Waals surface area contributed by atoms with Crippen molar-refractivity contribution < 1.29 is 37.3 Å². The number of allylic oxidation sites excluding steroid dienone is 3. The number of likely N-dealkylation sites (N-methyl/N-ethyl adjacent to an activating group) is 1. The van der Waals surface area contributed by atoms with E-state index in [-0.39, 0.29) is 31.5 Å². The van der Waals surface area contributed by atoms with Gasteiger partial charge in [-0.15, -0.1) is 0 Å². The van der Waals surface area contributed by atoms with Crippen LogP contribution in [0.2, 0.25) is 0 Å². The molecule has 0 aromatic carbocycles. The molecule has 0 aliphatic rings. The third-order valence-electron chi connectivity index (χ3n) is 13.4. The minimum Gasteiger partial charge on any atom is -0.756 e. The molecular formula is C59H115N2O7P. The van der Waals surface area contributed by atoms with Crippen molar-refractivity contribution in [3.63, 3.8) is 0 Å². The van der Waals surface area contributed by atoms with Crippen LogP contribution < -0.4 is 10.2 Å². The number of quaternary nitrogens is 1. The summed E-state index contributed by atoms with van der Waals surface area (Å²) in [4.78, 5) is 39.8. The van der Waals surface area contributed by atoms with E-state index < -0.39 is 20.0 Å². The van der Waals surface area contributed by atoms with Crippen molar-refractivity contribution in [1.29, 1.82) is 0 Å². The molecule has 0 rings (SSSR count). The van der Waals surface area contributed by atoms with Gasteiger partial charge in [0.05, 0.1) is 33.8 Å².